The van der Waals surface area contributed by atoms with E-state index < -0.39 is 0 Å². The summed E-state index contributed by atoms with van der Waals surface area (Å²) in [6.45, 7) is 0. The molecule has 1 N–H and O–H groups in total. The van der Waals surface area contributed by atoms with E-state index in [2.05, 4.69) is 10.5 Å². The highest BCUT2D eigenvalue weighted by Crippen LogP contribution is 2.03. The van der Waals surface area contributed by atoms with Crippen molar-refractivity contribution in [3.8, 4) is 0 Å². The lowest BCUT2D eigenvalue weighted by molar-refractivity contribution is -0.672. The van der Waals surface area contributed by atoms with E-state index in [1.807, 2.05) is 66.3 Å². The number of aromatic nitrogens is 1. The molecule has 1 aromatic heterocycles. The monoisotopic (exact) mass is 212 g/mol. The molecule has 0 atom stereocenters. The first-order chi connectivity index (χ1) is 7.86. The molecule has 2 rings (SSSR count). The van der Waals surface area contributed by atoms with Crippen LogP contribution in [0.25, 0.3) is 0 Å². The Hall–Kier alpha value is -2.16. The van der Waals surface area contributed by atoms with Crippen molar-refractivity contribution >= 4 is 11.9 Å². The van der Waals surface area contributed by atoms with Gasteiger partial charge < -0.3 is 0 Å². The van der Waals surface area contributed by atoms with Crippen molar-refractivity contribution in [2.24, 2.45) is 12.1 Å². The van der Waals surface area contributed by atoms with Gasteiger partial charge in [0, 0.05) is 12.1 Å². The zero-order valence-electron chi connectivity index (χ0n) is 9.17. The molecule has 0 aliphatic heterocycles. The third kappa shape index (κ3) is 2.67. The molecule has 0 aliphatic carbocycles. The van der Waals surface area contributed by atoms with Crippen LogP contribution in [0.3, 0.4) is 0 Å². The van der Waals surface area contributed by atoms with Crippen LogP contribution in [0.1, 0.15) is 5.69 Å². The van der Waals surface area contributed by atoms with Crippen molar-refractivity contribution in [3.05, 3.63) is 60.4 Å². The van der Waals surface area contributed by atoms with Crippen LogP contribution in [0.5, 0.6) is 0 Å². The molecule has 0 fully saturated rings. The average molecular weight is 212 g/mol. The second-order valence-corrected chi connectivity index (χ2v) is 3.47. The summed E-state index contributed by atoms with van der Waals surface area (Å²) in [6, 6.07) is 15.9. The number of nitrogens with zero attached hydrogens (tertiary/aromatic N) is 2. The van der Waals surface area contributed by atoms with Crippen LogP contribution in [0.2, 0.25) is 0 Å². The molecular formula is C13H14N3+. The lowest BCUT2D eigenvalue weighted by atomic mass is 10.3. The number of hydrazone groups is 1. The van der Waals surface area contributed by atoms with Crippen LogP contribution in [-0.4, -0.2) is 6.21 Å². The van der Waals surface area contributed by atoms with Gasteiger partial charge in [-0.2, -0.15) is 5.10 Å². The Balaban J connectivity index is 2.03. The highest BCUT2D eigenvalue weighted by molar-refractivity contribution is 5.75. The Morgan fingerprint density at radius 2 is 1.81 bits per heavy atom. The normalized spacial score (nSPS) is 10.6. The van der Waals surface area contributed by atoms with Gasteiger partial charge in [-0.05, 0) is 18.2 Å². The van der Waals surface area contributed by atoms with E-state index in [9.17, 15) is 0 Å². The van der Waals surface area contributed by atoms with Crippen LogP contribution >= 0.6 is 0 Å². The Bertz CT molecular complexity index is 478. The lowest BCUT2D eigenvalue weighted by Crippen LogP contribution is -2.32. The van der Waals surface area contributed by atoms with E-state index in [-0.39, 0.29) is 0 Å². The van der Waals surface area contributed by atoms with Gasteiger partial charge in [-0.15, -0.1) is 0 Å². The molecule has 80 valence electrons. The van der Waals surface area contributed by atoms with Crippen molar-refractivity contribution < 1.29 is 4.57 Å². The SMILES string of the molecule is C[n+]1ccccc1/C=N/Nc1ccccc1. The third-order valence-electron chi connectivity index (χ3n) is 2.26. The summed E-state index contributed by atoms with van der Waals surface area (Å²) in [4.78, 5) is 0. The van der Waals surface area contributed by atoms with Crippen molar-refractivity contribution in [2.75, 3.05) is 5.43 Å². The van der Waals surface area contributed by atoms with Gasteiger partial charge in [0.15, 0.2) is 6.20 Å². The minimum Gasteiger partial charge on any atom is -0.278 e. The molecule has 16 heavy (non-hydrogen) atoms. The molecule has 0 bridgehead atoms. The average Bonchev–Trinajstić information content (AvgIpc) is 2.33. The number of hydrogen-bond donors (Lipinski definition) is 1. The molecule has 0 amide bonds. The zero-order valence-corrected chi connectivity index (χ0v) is 9.17. The summed E-state index contributed by atoms with van der Waals surface area (Å²) in [5.74, 6) is 0. The molecular weight excluding hydrogens is 198 g/mol. The van der Waals surface area contributed by atoms with Gasteiger partial charge in [-0.3, -0.25) is 5.43 Å². The smallest absolute Gasteiger partial charge is 0.225 e. The van der Waals surface area contributed by atoms with E-state index in [1.54, 1.807) is 6.21 Å². The molecule has 0 radical (unpaired) electrons. The summed E-state index contributed by atoms with van der Waals surface area (Å²) in [5, 5.41) is 4.18. The minimum absolute atomic E-state index is 0.984. The van der Waals surface area contributed by atoms with Crippen LogP contribution in [0.4, 0.5) is 5.69 Å². The van der Waals surface area contributed by atoms with Gasteiger partial charge in [0.25, 0.3) is 0 Å². The van der Waals surface area contributed by atoms with Crippen molar-refractivity contribution in [2.45, 2.75) is 0 Å². The van der Waals surface area contributed by atoms with Crippen LogP contribution in [-0.2, 0) is 7.05 Å². The molecule has 0 unspecified atom stereocenters. The van der Waals surface area contributed by atoms with E-state index in [0.717, 1.165) is 11.4 Å². The fourth-order valence-corrected chi connectivity index (χ4v) is 1.36. The molecule has 3 heteroatoms. The van der Waals surface area contributed by atoms with Gasteiger partial charge in [-0.1, -0.05) is 18.2 Å². The number of para-hydroxylation sites is 1. The van der Waals surface area contributed by atoms with Crippen LogP contribution < -0.4 is 9.99 Å². The quantitative estimate of drug-likeness (QED) is 0.470. The van der Waals surface area contributed by atoms with Gasteiger partial charge in [-0.25, -0.2) is 4.57 Å². The maximum atomic E-state index is 4.18. The molecule has 2 aromatic rings. The second kappa shape index (κ2) is 5.07. The number of benzene rings is 1. The number of aryl methyl sites for hydroxylation is 1. The zero-order chi connectivity index (χ0) is 11.2. The van der Waals surface area contributed by atoms with Crippen molar-refractivity contribution in [1.82, 2.24) is 0 Å². The Kier molecular flexibility index (Phi) is 3.28. The molecule has 1 aromatic carbocycles. The maximum absolute atomic E-state index is 4.18. The Morgan fingerprint density at radius 1 is 1.06 bits per heavy atom. The first-order valence-electron chi connectivity index (χ1n) is 5.15. The molecule has 0 saturated carbocycles. The summed E-state index contributed by atoms with van der Waals surface area (Å²) in [5.41, 5.74) is 5.01. The van der Waals surface area contributed by atoms with Crippen LogP contribution in [0.15, 0.2) is 59.8 Å². The summed E-state index contributed by atoms with van der Waals surface area (Å²) >= 11 is 0. The summed E-state index contributed by atoms with van der Waals surface area (Å²) in [7, 11) is 1.99. The molecule has 3 nitrogen and oxygen atoms in total. The molecule has 0 aliphatic rings. The van der Waals surface area contributed by atoms with E-state index >= 15 is 0 Å². The minimum atomic E-state index is 0.984. The number of nitrogens with one attached hydrogen (secondary N) is 1. The first kappa shape index (κ1) is 10.4. The highest BCUT2D eigenvalue weighted by atomic mass is 15.3. The number of pyridine rings is 1. The maximum Gasteiger partial charge on any atom is 0.225 e. The summed E-state index contributed by atoms with van der Waals surface area (Å²) < 4.78 is 2.01. The second-order valence-electron chi connectivity index (χ2n) is 3.47. The Labute approximate surface area is 95.1 Å². The molecule has 1 heterocycles. The number of rotatable bonds is 3. The molecule has 0 spiro atoms. The van der Waals surface area contributed by atoms with E-state index in [0.29, 0.717) is 0 Å². The largest absolute Gasteiger partial charge is 0.278 e. The van der Waals surface area contributed by atoms with Crippen molar-refractivity contribution in [1.29, 1.82) is 0 Å². The summed E-state index contributed by atoms with van der Waals surface area (Å²) in [6.07, 6.45) is 3.79. The topological polar surface area (TPSA) is 28.3 Å². The fourth-order valence-electron chi connectivity index (χ4n) is 1.36. The van der Waals surface area contributed by atoms with Crippen molar-refractivity contribution in [3.63, 3.8) is 0 Å². The van der Waals surface area contributed by atoms with E-state index in [4.69, 9.17) is 0 Å². The first-order valence-corrected chi connectivity index (χ1v) is 5.15. The van der Waals surface area contributed by atoms with Gasteiger partial charge >= 0.3 is 0 Å². The van der Waals surface area contributed by atoms with Gasteiger partial charge in [0.2, 0.25) is 5.69 Å². The third-order valence-corrected chi connectivity index (χ3v) is 2.26. The van der Waals surface area contributed by atoms with Gasteiger partial charge in [0.05, 0.1) is 5.69 Å². The highest BCUT2D eigenvalue weighted by Gasteiger charge is 1.98. The van der Waals surface area contributed by atoms with E-state index in [1.165, 1.54) is 0 Å². The molecule has 0 saturated heterocycles. The lowest BCUT2D eigenvalue weighted by Gasteiger charge is -1.97. The fraction of sp³-hybridized carbons (Fsp3) is 0.0769. The number of hydrogen-bond acceptors (Lipinski definition) is 2. The Morgan fingerprint density at radius 3 is 2.56 bits per heavy atom. The number of anilines is 1. The van der Waals surface area contributed by atoms with Gasteiger partial charge in [0.1, 0.15) is 13.3 Å². The van der Waals surface area contributed by atoms with Crippen LogP contribution in [0, 0.1) is 0 Å². The predicted molar refractivity (Wildman–Crippen MR) is 65.3 cm³/mol. The standard InChI is InChI=1S/C13H13N3/c1-16-10-6-5-9-13(16)11-14-15-12-7-3-2-4-8-12/h2-11H,1H3/p+1. The predicted octanol–water partition coefficient (Wildman–Crippen LogP) is 1.96.